The number of Topliss-reactive ketones (excluding diaryl/α,β-unsaturated/α-hetero) is 1. The van der Waals surface area contributed by atoms with E-state index in [1.165, 1.54) is 24.3 Å². The van der Waals surface area contributed by atoms with E-state index in [9.17, 15) is 9.18 Å². The molecule has 19 heavy (non-hydrogen) atoms. The molecule has 2 aromatic carbocycles. The number of hydrogen-bond donors (Lipinski definition) is 0. The van der Waals surface area contributed by atoms with Gasteiger partial charge in [0.15, 0.2) is 6.10 Å². The third-order valence-corrected chi connectivity index (χ3v) is 2.80. The molecular weight excluding hydrogens is 243 g/mol. The van der Waals surface area contributed by atoms with E-state index in [0.717, 1.165) is 5.56 Å². The summed E-state index contributed by atoms with van der Waals surface area (Å²) in [4.78, 5) is 12.1. The van der Waals surface area contributed by atoms with Crippen LogP contribution in [0.15, 0.2) is 48.5 Å². The Morgan fingerprint density at radius 1 is 1.16 bits per heavy atom. The molecule has 0 bridgehead atoms. The predicted octanol–water partition coefficient (Wildman–Crippen LogP) is 3.78. The maximum Gasteiger partial charge on any atom is 0.202 e. The topological polar surface area (TPSA) is 26.3 Å². The zero-order valence-corrected chi connectivity index (χ0v) is 10.9. The van der Waals surface area contributed by atoms with Gasteiger partial charge in [0.1, 0.15) is 11.6 Å². The van der Waals surface area contributed by atoms with Crippen LogP contribution in [-0.2, 0) is 0 Å². The van der Waals surface area contributed by atoms with Crippen LogP contribution >= 0.6 is 0 Å². The molecule has 0 saturated heterocycles. The zero-order chi connectivity index (χ0) is 13.8. The Morgan fingerprint density at radius 2 is 1.84 bits per heavy atom. The lowest BCUT2D eigenvalue weighted by Gasteiger charge is -2.14. The number of rotatable bonds is 4. The van der Waals surface area contributed by atoms with E-state index >= 15 is 0 Å². The van der Waals surface area contributed by atoms with Gasteiger partial charge >= 0.3 is 0 Å². The summed E-state index contributed by atoms with van der Waals surface area (Å²) in [5.74, 6) is 0.133. The summed E-state index contributed by atoms with van der Waals surface area (Å²) < 4.78 is 18.4. The second-order valence-electron chi connectivity index (χ2n) is 4.45. The van der Waals surface area contributed by atoms with Crippen LogP contribution in [0.2, 0.25) is 0 Å². The smallest absolute Gasteiger partial charge is 0.202 e. The van der Waals surface area contributed by atoms with Crippen molar-refractivity contribution in [2.24, 2.45) is 0 Å². The molecule has 0 aromatic heterocycles. The molecule has 0 aliphatic carbocycles. The standard InChI is InChI=1S/C16H15FO2/c1-11-4-3-5-15(10-11)19-12(2)16(18)13-6-8-14(17)9-7-13/h3-10,12H,1-2H3. The Morgan fingerprint density at radius 3 is 2.47 bits per heavy atom. The van der Waals surface area contributed by atoms with Gasteiger partial charge in [0.05, 0.1) is 0 Å². The summed E-state index contributed by atoms with van der Waals surface area (Å²) in [6.45, 7) is 3.65. The Labute approximate surface area is 111 Å². The third-order valence-electron chi connectivity index (χ3n) is 2.80. The van der Waals surface area contributed by atoms with E-state index < -0.39 is 6.10 Å². The summed E-state index contributed by atoms with van der Waals surface area (Å²) in [5.41, 5.74) is 1.51. The Kier molecular flexibility index (Phi) is 3.95. The molecule has 0 aliphatic heterocycles. The molecule has 98 valence electrons. The van der Waals surface area contributed by atoms with Crippen LogP contribution in [0.3, 0.4) is 0 Å². The van der Waals surface area contributed by atoms with Gasteiger partial charge in [-0.15, -0.1) is 0 Å². The third kappa shape index (κ3) is 3.41. The lowest BCUT2D eigenvalue weighted by molar-refractivity contribution is 0.0818. The molecule has 0 amide bonds. The molecule has 2 aromatic rings. The molecule has 1 atom stereocenters. The molecule has 0 aliphatic rings. The van der Waals surface area contributed by atoms with Gasteiger partial charge in [-0.05, 0) is 55.8 Å². The summed E-state index contributed by atoms with van der Waals surface area (Å²) in [7, 11) is 0. The number of halogens is 1. The average Bonchev–Trinajstić information content (AvgIpc) is 2.39. The predicted molar refractivity (Wildman–Crippen MR) is 72.0 cm³/mol. The highest BCUT2D eigenvalue weighted by Crippen LogP contribution is 2.16. The van der Waals surface area contributed by atoms with Crippen LogP contribution in [0.1, 0.15) is 22.8 Å². The van der Waals surface area contributed by atoms with E-state index in [4.69, 9.17) is 4.74 Å². The van der Waals surface area contributed by atoms with Gasteiger partial charge < -0.3 is 4.74 Å². The van der Waals surface area contributed by atoms with Crippen molar-refractivity contribution in [3.8, 4) is 5.75 Å². The van der Waals surface area contributed by atoms with E-state index in [1.54, 1.807) is 13.0 Å². The molecule has 1 unspecified atom stereocenters. The fraction of sp³-hybridized carbons (Fsp3) is 0.188. The van der Waals surface area contributed by atoms with E-state index in [1.807, 2.05) is 25.1 Å². The van der Waals surface area contributed by atoms with Gasteiger partial charge in [-0.1, -0.05) is 12.1 Å². The lowest BCUT2D eigenvalue weighted by Crippen LogP contribution is -2.23. The molecule has 0 saturated carbocycles. The Balaban J connectivity index is 2.09. The number of carbonyl (C=O) groups is 1. The number of benzene rings is 2. The Hall–Kier alpha value is -2.16. The number of aryl methyl sites for hydroxylation is 1. The highest BCUT2D eigenvalue weighted by atomic mass is 19.1. The van der Waals surface area contributed by atoms with Crippen molar-refractivity contribution >= 4 is 5.78 Å². The molecule has 3 heteroatoms. The monoisotopic (exact) mass is 258 g/mol. The highest BCUT2D eigenvalue weighted by molar-refractivity contribution is 5.99. The molecule has 2 rings (SSSR count). The van der Waals surface area contributed by atoms with Gasteiger partial charge in [0, 0.05) is 5.56 Å². The lowest BCUT2D eigenvalue weighted by atomic mass is 10.1. The van der Waals surface area contributed by atoms with Crippen LogP contribution in [0.25, 0.3) is 0 Å². The summed E-state index contributed by atoms with van der Waals surface area (Å²) >= 11 is 0. The normalized spacial score (nSPS) is 11.9. The average molecular weight is 258 g/mol. The van der Waals surface area contributed by atoms with Gasteiger partial charge in [0.2, 0.25) is 5.78 Å². The first-order chi connectivity index (χ1) is 9.06. The van der Waals surface area contributed by atoms with Gasteiger partial charge in [-0.3, -0.25) is 4.79 Å². The van der Waals surface area contributed by atoms with Gasteiger partial charge in [-0.25, -0.2) is 4.39 Å². The second kappa shape index (κ2) is 5.65. The minimum absolute atomic E-state index is 0.165. The number of ether oxygens (including phenoxy) is 1. The molecule has 2 nitrogen and oxygen atoms in total. The first-order valence-electron chi connectivity index (χ1n) is 6.09. The molecular formula is C16H15FO2. The first kappa shape index (κ1) is 13.3. The maximum absolute atomic E-state index is 12.8. The molecule has 0 N–H and O–H groups in total. The van der Waals surface area contributed by atoms with Crippen molar-refractivity contribution in [2.45, 2.75) is 20.0 Å². The molecule has 0 radical (unpaired) electrons. The van der Waals surface area contributed by atoms with Crippen LogP contribution in [0.5, 0.6) is 5.75 Å². The second-order valence-corrected chi connectivity index (χ2v) is 4.45. The number of ketones is 1. The van der Waals surface area contributed by atoms with E-state index in [-0.39, 0.29) is 11.6 Å². The van der Waals surface area contributed by atoms with Crippen molar-refractivity contribution in [3.05, 3.63) is 65.5 Å². The van der Waals surface area contributed by atoms with E-state index in [0.29, 0.717) is 11.3 Å². The number of carbonyl (C=O) groups excluding carboxylic acids is 1. The molecule has 0 heterocycles. The SMILES string of the molecule is Cc1cccc(OC(C)C(=O)c2ccc(F)cc2)c1. The summed E-state index contributed by atoms with van der Waals surface area (Å²) in [6, 6.07) is 13.0. The summed E-state index contributed by atoms with van der Waals surface area (Å²) in [6.07, 6.45) is -0.604. The minimum Gasteiger partial charge on any atom is -0.483 e. The van der Waals surface area contributed by atoms with Crippen LogP contribution in [-0.4, -0.2) is 11.9 Å². The summed E-state index contributed by atoms with van der Waals surface area (Å²) in [5, 5.41) is 0. The van der Waals surface area contributed by atoms with E-state index in [2.05, 4.69) is 0 Å². The van der Waals surface area contributed by atoms with Crippen molar-refractivity contribution in [3.63, 3.8) is 0 Å². The fourth-order valence-corrected chi connectivity index (χ4v) is 1.80. The van der Waals surface area contributed by atoms with Crippen LogP contribution < -0.4 is 4.74 Å². The number of hydrogen-bond acceptors (Lipinski definition) is 2. The highest BCUT2D eigenvalue weighted by Gasteiger charge is 2.16. The maximum atomic E-state index is 12.8. The minimum atomic E-state index is -0.604. The van der Waals surface area contributed by atoms with Crippen molar-refractivity contribution in [1.82, 2.24) is 0 Å². The van der Waals surface area contributed by atoms with Gasteiger partial charge in [0.25, 0.3) is 0 Å². The zero-order valence-electron chi connectivity index (χ0n) is 10.9. The quantitative estimate of drug-likeness (QED) is 0.780. The fourth-order valence-electron chi connectivity index (χ4n) is 1.80. The molecule has 0 fully saturated rings. The van der Waals surface area contributed by atoms with Gasteiger partial charge in [-0.2, -0.15) is 0 Å². The van der Waals surface area contributed by atoms with Crippen molar-refractivity contribution in [2.75, 3.05) is 0 Å². The van der Waals surface area contributed by atoms with Crippen molar-refractivity contribution < 1.29 is 13.9 Å². The van der Waals surface area contributed by atoms with Crippen LogP contribution in [0, 0.1) is 12.7 Å². The molecule has 0 spiro atoms. The van der Waals surface area contributed by atoms with Crippen molar-refractivity contribution in [1.29, 1.82) is 0 Å². The largest absolute Gasteiger partial charge is 0.483 e. The van der Waals surface area contributed by atoms with Crippen LogP contribution in [0.4, 0.5) is 4.39 Å². The first-order valence-corrected chi connectivity index (χ1v) is 6.09. The Bertz CT molecular complexity index is 576.